The van der Waals surface area contributed by atoms with Crippen molar-refractivity contribution >= 4 is 26.0 Å². The van der Waals surface area contributed by atoms with Gasteiger partial charge < -0.3 is 0 Å². The summed E-state index contributed by atoms with van der Waals surface area (Å²) >= 11 is 3.32. The molecule has 0 aliphatic carbocycles. The largest absolute Gasteiger partial charge is 0.263 e. The predicted octanol–water partition coefficient (Wildman–Crippen LogP) is 2.44. The first-order valence-electron chi connectivity index (χ1n) is 7.11. The first-order chi connectivity index (χ1) is 10.5. The molecule has 2 heterocycles. The highest BCUT2D eigenvalue weighted by Crippen LogP contribution is 2.29. The first kappa shape index (κ1) is 15.6. The monoisotopic (exact) mass is 384 g/mol. The van der Waals surface area contributed by atoms with E-state index in [1.807, 2.05) is 6.92 Å². The van der Waals surface area contributed by atoms with Gasteiger partial charge in [-0.3, -0.25) is 5.10 Å². The zero-order chi connectivity index (χ0) is 15.7. The standard InChI is InChI=1S/C14H17BrN4O2S/c1-10-16-14(18-17-10)11-6-8-19(9-7-11)22(20,21)13-4-2-12(15)3-5-13/h2-5,11H,6-9H2,1H3,(H,16,17,18). The zero-order valence-corrected chi connectivity index (χ0v) is 14.6. The highest BCUT2D eigenvalue weighted by Gasteiger charge is 2.31. The normalized spacial score (nSPS) is 17.7. The summed E-state index contributed by atoms with van der Waals surface area (Å²) < 4.78 is 27.7. The van der Waals surface area contributed by atoms with Crippen LogP contribution in [0.5, 0.6) is 0 Å². The number of hydrogen-bond acceptors (Lipinski definition) is 4. The summed E-state index contributed by atoms with van der Waals surface area (Å²) in [4.78, 5) is 4.69. The third-order valence-corrected chi connectivity index (χ3v) is 6.33. The number of aromatic nitrogens is 3. The summed E-state index contributed by atoms with van der Waals surface area (Å²) in [6.45, 7) is 2.86. The molecule has 1 aromatic heterocycles. The van der Waals surface area contributed by atoms with Crippen molar-refractivity contribution in [2.75, 3.05) is 13.1 Å². The number of piperidine rings is 1. The quantitative estimate of drug-likeness (QED) is 0.880. The van der Waals surface area contributed by atoms with E-state index in [4.69, 9.17) is 0 Å². The number of aromatic amines is 1. The Morgan fingerprint density at radius 2 is 1.86 bits per heavy atom. The maximum Gasteiger partial charge on any atom is 0.243 e. The van der Waals surface area contributed by atoms with Crippen molar-refractivity contribution in [1.29, 1.82) is 0 Å². The van der Waals surface area contributed by atoms with Crippen LogP contribution in [0, 0.1) is 6.92 Å². The fourth-order valence-corrected chi connectivity index (χ4v) is 4.39. The molecule has 118 valence electrons. The van der Waals surface area contributed by atoms with Crippen molar-refractivity contribution in [3.8, 4) is 0 Å². The molecule has 1 N–H and O–H groups in total. The van der Waals surface area contributed by atoms with Crippen LogP contribution in [0.15, 0.2) is 33.6 Å². The Labute approximate surface area is 138 Å². The Kier molecular flexibility index (Phi) is 4.33. The van der Waals surface area contributed by atoms with Gasteiger partial charge in [-0.1, -0.05) is 15.9 Å². The van der Waals surface area contributed by atoms with Gasteiger partial charge in [0.1, 0.15) is 5.82 Å². The topological polar surface area (TPSA) is 79.0 Å². The van der Waals surface area contributed by atoms with Crippen molar-refractivity contribution in [1.82, 2.24) is 19.5 Å². The van der Waals surface area contributed by atoms with Crippen LogP contribution >= 0.6 is 15.9 Å². The fraction of sp³-hybridized carbons (Fsp3) is 0.429. The molecule has 0 amide bonds. The van der Waals surface area contributed by atoms with E-state index in [2.05, 4.69) is 31.1 Å². The van der Waals surface area contributed by atoms with Gasteiger partial charge in [-0.2, -0.15) is 9.40 Å². The summed E-state index contributed by atoms with van der Waals surface area (Å²) in [5.41, 5.74) is 0. The Hall–Kier alpha value is -1.25. The third-order valence-electron chi connectivity index (χ3n) is 3.88. The number of hydrogen-bond donors (Lipinski definition) is 1. The summed E-state index contributed by atoms with van der Waals surface area (Å²) in [6.07, 6.45) is 1.49. The van der Waals surface area contributed by atoms with E-state index < -0.39 is 10.0 Å². The lowest BCUT2D eigenvalue weighted by molar-refractivity contribution is 0.313. The van der Waals surface area contributed by atoms with E-state index in [0.717, 1.165) is 29.0 Å². The minimum Gasteiger partial charge on any atom is -0.263 e. The second kappa shape index (κ2) is 6.10. The molecule has 1 aromatic carbocycles. The molecule has 0 saturated carbocycles. The summed E-state index contributed by atoms with van der Waals surface area (Å²) in [7, 11) is -3.42. The van der Waals surface area contributed by atoms with Gasteiger partial charge >= 0.3 is 0 Å². The molecular formula is C14H17BrN4O2S. The maximum absolute atomic E-state index is 12.6. The molecule has 1 aliphatic heterocycles. The second-order valence-electron chi connectivity index (χ2n) is 5.41. The highest BCUT2D eigenvalue weighted by molar-refractivity contribution is 9.10. The molecule has 0 atom stereocenters. The van der Waals surface area contributed by atoms with Gasteiger partial charge in [0, 0.05) is 23.5 Å². The van der Waals surface area contributed by atoms with Crippen LogP contribution in [0.4, 0.5) is 0 Å². The van der Waals surface area contributed by atoms with E-state index in [1.165, 1.54) is 0 Å². The molecule has 1 saturated heterocycles. The maximum atomic E-state index is 12.6. The average molecular weight is 385 g/mol. The van der Waals surface area contributed by atoms with Gasteiger partial charge in [-0.05, 0) is 44.0 Å². The number of aryl methyl sites for hydroxylation is 1. The van der Waals surface area contributed by atoms with E-state index in [1.54, 1.807) is 28.6 Å². The average Bonchev–Trinajstić information content (AvgIpc) is 2.94. The molecule has 0 bridgehead atoms. The lowest BCUT2D eigenvalue weighted by Crippen LogP contribution is -2.38. The van der Waals surface area contributed by atoms with E-state index >= 15 is 0 Å². The van der Waals surface area contributed by atoms with Gasteiger partial charge in [0.15, 0.2) is 5.82 Å². The van der Waals surface area contributed by atoms with Crippen LogP contribution < -0.4 is 0 Å². The molecule has 2 aromatic rings. The molecule has 8 heteroatoms. The van der Waals surface area contributed by atoms with Gasteiger partial charge in [0.2, 0.25) is 10.0 Å². The number of sulfonamides is 1. The van der Waals surface area contributed by atoms with E-state index in [-0.39, 0.29) is 5.92 Å². The SMILES string of the molecule is Cc1nc(C2CCN(S(=O)(=O)c3ccc(Br)cc3)CC2)n[nH]1. The van der Waals surface area contributed by atoms with Gasteiger partial charge in [0.05, 0.1) is 4.90 Å². The minimum atomic E-state index is -3.42. The Balaban J connectivity index is 1.71. The number of nitrogens with zero attached hydrogens (tertiary/aromatic N) is 3. The number of nitrogens with one attached hydrogen (secondary N) is 1. The molecule has 22 heavy (non-hydrogen) atoms. The molecule has 1 aliphatic rings. The Morgan fingerprint density at radius 3 is 2.41 bits per heavy atom. The molecule has 1 fully saturated rings. The number of benzene rings is 1. The van der Waals surface area contributed by atoms with Crippen LogP contribution in [0.25, 0.3) is 0 Å². The van der Waals surface area contributed by atoms with E-state index in [9.17, 15) is 8.42 Å². The van der Waals surface area contributed by atoms with Crippen molar-refractivity contribution in [3.05, 3.63) is 40.4 Å². The van der Waals surface area contributed by atoms with Crippen molar-refractivity contribution in [2.45, 2.75) is 30.6 Å². The molecule has 6 nitrogen and oxygen atoms in total. The third kappa shape index (κ3) is 3.09. The Morgan fingerprint density at radius 1 is 1.23 bits per heavy atom. The van der Waals surface area contributed by atoms with Gasteiger partial charge in [0.25, 0.3) is 0 Å². The highest BCUT2D eigenvalue weighted by atomic mass is 79.9. The van der Waals surface area contributed by atoms with Gasteiger partial charge in [-0.25, -0.2) is 13.4 Å². The van der Waals surface area contributed by atoms with Crippen LogP contribution in [0.3, 0.4) is 0 Å². The molecule has 0 spiro atoms. The first-order valence-corrected chi connectivity index (χ1v) is 9.35. The lowest BCUT2D eigenvalue weighted by Gasteiger charge is -2.29. The molecular weight excluding hydrogens is 368 g/mol. The fourth-order valence-electron chi connectivity index (χ4n) is 2.65. The van der Waals surface area contributed by atoms with Crippen molar-refractivity contribution in [3.63, 3.8) is 0 Å². The van der Waals surface area contributed by atoms with Crippen LogP contribution in [0.2, 0.25) is 0 Å². The van der Waals surface area contributed by atoms with E-state index in [0.29, 0.717) is 18.0 Å². The van der Waals surface area contributed by atoms with Crippen LogP contribution in [0.1, 0.15) is 30.4 Å². The second-order valence-corrected chi connectivity index (χ2v) is 8.26. The minimum absolute atomic E-state index is 0.223. The molecule has 0 radical (unpaired) electrons. The number of halogens is 1. The zero-order valence-electron chi connectivity index (χ0n) is 12.2. The van der Waals surface area contributed by atoms with Crippen LogP contribution in [-0.2, 0) is 10.0 Å². The van der Waals surface area contributed by atoms with Crippen LogP contribution in [-0.4, -0.2) is 41.0 Å². The van der Waals surface area contributed by atoms with Crippen molar-refractivity contribution in [2.24, 2.45) is 0 Å². The summed E-state index contributed by atoms with van der Waals surface area (Å²) in [5, 5.41) is 7.03. The molecule has 0 unspecified atom stereocenters. The summed E-state index contributed by atoms with van der Waals surface area (Å²) in [6, 6.07) is 6.75. The Bertz CT molecular complexity index is 749. The predicted molar refractivity (Wildman–Crippen MR) is 86.0 cm³/mol. The summed E-state index contributed by atoms with van der Waals surface area (Å²) in [5.74, 6) is 1.81. The van der Waals surface area contributed by atoms with Gasteiger partial charge in [-0.15, -0.1) is 0 Å². The number of H-pyrrole nitrogens is 1. The molecule has 3 rings (SSSR count). The van der Waals surface area contributed by atoms with Crippen molar-refractivity contribution < 1.29 is 8.42 Å². The lowest BCUT2D eigenvalue weighted by atomic mass is 9.98. The smallest absolute Gasteiger partial charge is 0.243 e. The number of rotatable bonds is 3.